The Kier molecular flexibility index (Phi) is 4.83. The summed E-state index contributed by atoms with van der Waals surface area (Å²) in [5.74, 6) is 1.29. The zero-order chi connectivity index (χ0) is 12.9. The molecular weight excluding hydrogens is 208 g/mol. The summed E-state index contributed by atoms with van der Waals surface area (Å²) in [6.45, 7) is 6.58. The van der Waals surface area contributed by atoms with Gasteiger partial charge in [0.15, 0.2) is 0 Å². The maximum Gasteiger partial charge on any atom is 0.323 e. The highest BCUT2D eigenvalue weighted by molar-refractivity contribution is 5.81. The van der Waals surface area contributed by atoms with E-state index in [0.29, 0.717) is 0 Å². The molecule has 2 amide bonds. The van der Waals surface area contributed by atoms with E-state index in [4.69, 9.17) is 11.5 Å². The Hall–Kier alpha value is -1.70. The molecule has 0 aromatic heterocycles. The number of carbonyl (C=O) groups excluding carboxylic acids is 1. The Bertz CT molecular complexity index is 312. The molecule has 1 unspecified atom stereocenters. The Morgan fingerprint density at radius 1 is 1.50 bits per heavy atom. The van der Waals surface area contributed by atoms with Crippen LogP contribution >= 0.6 is 0 Å². The van der Waals surface area contributed by atoms with Gasteiger partial charge in [-0.05, 0) is 27.7 Å². The van der Waals surface area contributed by atoms with Gasteiger partial charge in [-0.3, -0.25) is 4.79 Å². The van der Waals surface area contributed by atoms with Gasteiger partial charge in [-0.1, -0.05) is 5.92 Å². The molecule has 5 nitrogen and oxygen atoms in total. The van der Waals surface area contributed by atoms with Crippen molar-refractivity contribution in [2.75, 3.05) is 6.54 Å². The minimum absolute atomic E-state index is 0.355. The van der Waals surface area contributed by atoms with Crippen molar-refractivity contribution >= 4 is 12.0 Å². The molecule has 2 N–H and O–H groups in total. The number of terminal acetylenes is 1. The van der Waals surface area contributed by atoms with Crippen LogP contribution in [0.5, 0.6) is 0 Å². The molecule has 0 spiro atoms. The smallest absolute Gasteiger partial charge is 0.323 e. The molecule has 0 aliphatic rings. The van der Waals surface area contributed by atoms with E-state index in [0.717, 1.165) is 0 Å². The molecule has 0 rings (SSSR count). The van der Waals surface area contributed by atoms with Crippen LogP contribution in [0.3, 0.4) is 0 Å². The molecule has 16 heavy (non-hydrogen) atoms. The van der Waals surface area contributed by atoms with Gasteiger partial charge in [-0.25, -0.2) is 4.79 Å². The lowest BCUT2D eigenvalue weighted by atomic mass is 10.1. The first-order chi connectivity index (χ1) is 7.18. The molecule has 0 aliphatic heterocycles. The van der Waals surface area contributed by atoms with E-state index in [9.17, 15) is 9.59 Å². The summed E-state index contributed by atoms with van der Waals surface area (Å²) < 4.78 is 0. The molecule has 0 saturated carbocycles. The molecule has 5 heteroatoms. The highest BCUT2D eigenvalue weighted by Gasteiger charge is 2.28. The van der Waals surface area contributed by atoms with Crippen LogP contribution in [0.4, 0.5) is 4.79 Å². The summed E-state index contributed by atoms with van der Waals surface area (Å²) in [5.41, 5.74) is -0.573. The number of amides is 2. The number of carboxylic acids is 1. The highest BCUT2D eigenvalue weighted by Crippen LogP contribution is 2.13. The first-order valence-electron chi connectivity index (χ1n) is 4.94. The van der Waals surface area contributed by atoms with Crippen LogP contribution in [-0.2, 0) is 4.79 Å². The van der Waals surface area contributed by atoms with Crippen molar-refractivity contribution in [1.29, 1.82) is 0 Å². The van der Waals surface area contributed by atoms with Crippen LogP contribution in [0.1, 0.15) is 27.7 Å². The quantitative estimate of drug-likeness (QED) is 0.702. The largest absolute Gasteiger partial charge is 0.480 e. The minimum atomic E-state index is -1.06. The fraction of sp³-hybridized carbons (Fsp3) is 0.636. The molecule has 0 saturated heterocycles. The summed E-state index contributed by atoms with van der Waals surface area (Å²) in [5, 5.41) is 11.3. The highest BCUT2D eigenvalue weighted by atomic mass is 16.4. The summed E-state index contributed by atoms with van der Waals surface area (Å²) in [7, 11) is 0. The third-order valence-electron chi connectivity index (χ3n) is 1.94. The van der Waals surface area contributed by atoms with E-state index in [-0.39, 0.29) is 6.54 Å². The molecule has 0 aromatic carbocycles. The van der Waals surface area contributed by atoms with E-state index in [1.165, 1.54) is 4.90 Å². The molecule has 1 atom stereocenters. The van der Waals surface area contributed by atoms with Gasteiger partial charge in [0.05, 0.1) is 6.04 Å². The van der Waals surface area contributed by atoms with E-state index >= 15 is 0 Å². The number of nitrogens with one attached hydrogen (secondary N) is 1. The lowest BCUT2D eigenvalue weighted by molar-refractivity contribution is -0.138. The molecule has 0 fully saturated rings. The third-order valence-corrected chi connectivity index (χ3v) is 1.94. The third kappa shape index (κ3) is 4.69. The van der Waals surface area contributed by atoms with Gasteiger partial charge in [0, 0.05) is 5.54 Å². The standard InChI is InChI=1S/C11H18N2O3/c1-6-8(2)12-10(16)13(7-9(14)15)11(3,4)5/h1,8H,7H2,2-5H3,(H,12,16)(H,14,15). The van der Waals surface area contributed by atoms with Crippen molar-refractivity contribution in [3.63, 3.8) is 0 Å². The summed E-state index contributed by atoms with van der Waals surface area (Å²) >= 11 is 0. The monoisotopic (exact) mass is 226 g/mol. The second-order valence-electron chi connectivity index (χ2n) is 4.49. The number of nitrogens with zero attached hydrogens (tertiary/aromatic N) is 1. The number of carbonyl (C=O) groups is 2. The fourth-order valence-corrected chi connectivity index (χ4v) is 1.05. The Labute approximate surface area is 95.8 Å². The maximum absolute atomic E-state index is 11.8. The zero-order valence-electron chi connectivity index (χ0n) is 10.1. The van der Waals surface area contributed by atoms with Gasteiger partial charge in [-0.2, -0.15) is 0 Å². The average Bonchev–Trinajstić information content (AvgIpc) is 2.11. The number of urea groups is 1. The van der Waals surface area contributed by atoms with E-state index < -0.39 is 23.6 Å². The second-order valence-corrected chi connectivity index (χ2v) is 4.49. The average molecular weight is 226 g/mol. The Balaban J connectivity index is 4.72. The number of hydrogen-bond acceptors (Lipinski definition) is 2. The van der Waals surface area contributed by atoms with Crippen molar-refractivity contribution < 1.29 is 14.7 Å². The lowest BCUT2D eigenvalue weighted by Gasteiger charge is -2.34. The predicted molar refractivity (Wildman–Crippen MR) is 60.9 cm³/mol. The molecule has 0 heterocycles. The number of carboxylic acid groups (broad SMARTS) is 1. The molecular formula is C11H18N2O3. The summed E-state index contributed by atoms with van der Waals surface area (Å²) in [6, 6.07) is -0.897. The van der Waals surface area contributed by atoms with Gasteiger partial charge in [-0.15, -0.1) is 6.42 Å². The second kappa shape index (κ2) is 5.40. The lowest BCUT2D eigenvalue weighted by Crippen LogP contribution is -2.53. The first-order valence-corrected chi connectivity index (χ1v) is 4.94. The van der Waals surface area contributed by atoms with Gasteiger partial charge in [0.2, 0.25) is 0 Å². The van der Waals surface area contributed by atoms with Crippen molar-refractivity contribution in [2.24, 2.45) is 0 Å². The number of hydrogen-bond donors (Lipinski definition) is 2. The molecule has 90 valence electrons. The van der Waals surface area contributed by atoms with Crippen LogP contribution in [-0.4, -0.2) is 40.1 Å². The SMILES string of the molecule is C#CC(C)NC(=O)N(CC(=O)O)C(C)(C)C. The van der Waals surface area contributed by atoms with Gasteiger partial charge in [0.1, 0.15) is 6.54 Å². The molecule has 0 radical (unpaired) electrons. The molecule has 0 aliphatic carbocycles. The number of aliphatic carboxylic acids is 1. The van der Waals surface area contributed by atoms with E-state index in [2.05, 4.69) is 11.2 Å². The van der Waals surface area contributed by atoms with Gasteiger partial charge in [0.25, 0.3) is 0 Å². The van der Waals surface area contributed by atoms with Crippen molar-refractivity contribution in [3.05, 3.63) is 0 Å². The van der Waals surface area contributed by atoms with Crippen LogP contribution in [0.15, 0.2) is 0 Å². The number of rotatable bonds is 3. The van der Waals surface area contributed by atoms with Crippen molar-refractivity contribution in [2.45, 2.75) is 39.3 Å². The normalized spacial score (nSPS) is 12.4. The van der Waals surface area contributed by atoms with Gasteiger partial charge < -0.3 is 15.3 Å². The van der Waals surface area contributed by atoms with Crippen LogP contribution in [0.25, 0.3) is 0 Å². The fourth-order valence-electron chi connectivity index (χ4n) is 1.05. The van der Waals surface area contributed by atoms with Crippen LogP contribution in [0, 0.1) is 12.3 Å². The summed E-state index contributed by atoms with van der Waals surface area (Å²) in [6.07, 6.45) is 5.13. The van der Waals surface area contributed by atoms with Crippen molar-refractivity contribution in [3.8, 4) is 12.3 Å². The minimum Gasteiger partial charge on any atom is -0.480 e. The van der Waals surface area contributed by atoms with Crippen LogP contribution in [0.2, 0.25) is 0 Å². The first kappa shape index (κ1) is 14.3. The van der Waals surface area contributed by atoms with Crippen molar-refractivity contribution in [1.82, 2.24) is 10.2 Å². The topological polar surface area (TPSA) is 69.6 Å². The molecule has 0 aromatic rings. The zero-order valence-corrected chi connectivity index (χ0v) is 10.1. The van der Waals surface area contributed by atoms with E-state index in [1.54, 1.807) is 27.7 Å². The maximum atomic E-state index is 11.8. The Morgan fingerprint density at radius 2 is 2.00 bits per heavy atom. The Morgan fingerprint density at radius 3 is 2.31 bits per heavy atom. The molecule has 0 bridgehead atoms. The van der Waals surface area contributed by atoms with Gasteiger partial charge >= 0.3 is 12.0 Å². The predicted octanol–water partition coefficient (Wildman–Crippen LogP) is 0.903. The van der Waals surface area contributed by atoms with Crippen LogP contribution < -0.4 is 5.32 Å². The summed E-state index contributed by atoms with van der Waals surface area (Å²) in [4.78, 5) is 23.6. The van der Waals surface area contributed by atoms with E-state index in [1.807, 2.05) is 0 Å².